The summed E-state index contributed by atoms with van der Waals surface area (Å²) in [5.41, 5.74) is -0.103. The lowest BCUT2D eigenvalue weighted by Gasteiger charge is -2.13. The van der Waals surface area contributed by atoms with Gasteiger partial charge < -0.3 is 15.2 Å². The molecule has 0 aromatic carbocycles. The summed E-state index contributed by atoms with van der Waals surface area (Å²) in [5.74, 6) is -1.16. The molecule has 22 heavy (non-hydrogen) atoms. The molecule has 0 saturated carbocycles. The highest BCUT2D eigenvalue weighted by Crippen LogP contribution is 2.35. The van der Waals surface area contributed by atoms with Crippen molar-refractivity contribution in [1.82, 2.24) is 20.3 Å². The van der Waals surface area contributed by atoms with Gasteiger partial charge in [0, 0.05) is 6.04 Å². The van der Waals surface area contributed by atoms with Crippen LogP contribution >= 0.6 is 23.4 Å². The van der Waals surface area contributed by atoms with Crippen molar-refractivity contribution in [1.29, 1.82) is 0 Å². The van der Waals surface area contributed by atoms with Crippen LogP contribution < -0.4 is 10.1 Å². The summed E-state index contributed by atoms with van der Waals surface area (Å²) in [5, 5.41) is 13.0. The van der Waals surface area contributed by atoms with E-state index in [1.54, 1.807) is 6.26 Å². The molecule has 2 aromatic rings. The van der Waals surface area contributed by atoms with Crippen LogP contribution in [0.15, 0.2) is 5.16 Å². The first kappa shape index (κ1) is 17.0. The van der Waals surface area contributed by atoms with Gasteiger partial charge in [0.1, 0.15) is 10.9 Å². The van der Waals surface area contributed by atoms with Crippen molar-refractivity contribution in [3.63, 3.8) is 0 Å². The predicted octanol–water partition coefficient (Wildman–Crippen LogP) is 2.62. The van der Waals surface area contributed by atoms with Gasteiger partial charge in [-0.3, -0.25) is 0 Å². The number of thioether (sulfide) groups is 1. The summed E-state index contributed by atoms with van der Waals surface area (Å²) in [6.07, 6.45) is 2.43. The Kier molecular flexibility index (Phi) is 5.60. The molecule has 0 spiro atoms. The summed E-state index contributed by atoms with van der Waals surface area (Å²) in [6.45, 7) is 2.33. The summed E-state index contributed by atoms with van der Waals surface area (Å²) in [4.78, 5) is 11.8. The van der Waals surface area contributed by atoms with Gasteiger partial charge in [-0.2, -0.15) is 9.97 Å². The minimum absolute atomic E-state index is 0.0230. The van der Waals surface area contributed by atoms with Gasteiger partial charge in [-0.25, -0.2) is 9.37 Å². The molecule has 0 aliphatic heterocycles. The van der Waals surface area contributed by atoms with Gasteiger partial charge in [0.25, 0.3) is 0 Å². The molecule has 9 heteroatoms. The molecule has 0 bridgehead atoms. The molecule has 1 atom stereocenters. The number of halogens is 2. The van der Waals surface area contributed by atoms with Crippen LogP contribution in [-0.2, 0) is 0 Å². The monoisotopic (exact) mass is 346 g/mol. The topological polar surface area (TPSA) is 80.2 Å². The Labute approximate surface area is 136 Å². The van der Waals surface area contributed by atoms with Crippen molar-refractivity contribution in [3.05, 3.63) is 11.0 Å². The van der Waals surface area contributed by atoms with Gasteiger partial charge in [0.05, 0.1) is 6.61 Å². The third-order valence-corrected chi connectivity index (χ3v) is 3.94. The van der Waals surface area contributed by atoms with Gasteiger partial charge in [-0.15, -0.1) is 0 Å². The van der Waals surface area contributed by atoms with E-state index in [2.05, 4.69) is 20.3 Å². The van der Waals surface area contributed by atoms with E-state index in [9.17, 15) is 9.50 Å². The van der Waals surface area contributed by atoms with E-state index < -0.39 is 5.82 Å². The molecular weight excluding hydrogens is 331 g/mol. The van der Waals surface area contributed by atoms with E-state index in [0.29, 0.717) is 13.0 Å². The Bertz CT molecular complexity index is 689. The van der Waals surface area contributed by atoms with E-state index in [4.69, 9.17) is 16.3 Å². The third-order valence-electron chi connectivity index (χ3n) is 3.14. The van der Waals surface area contributed by atoms with Crippen LogP contribution in [0.5, 0.6) is 11.8 Å². The molecule has 0 fully saturated rings. The maximum atomic E-state index is 14.1. The number of ether oxygens (including phenoxy) is 1. The Balaban J connectivity index is 2.43. The zero-order chi connectivity index (χ0) is 16.3. The summed E-state index contributed by atoms with van der Waals surface area (Å²) in [6, 6.07) is 0.245. The number of hydrogen-bond acceptors (Lipinski definition) is 7. The van der Waals surface area contributed by atoms with Crippen molar-refractivity contribution in [2.24, 2.45) is 0 Å². The molecule has 2 rings (SSSR count). The summed E-state index contributed by atoms with van der Waals surface area (Å²) < 4.78 is 19.6. The molecule has 2 N–H and O–H groups in total. The maximum absolute atomic E-state index is 14.1. The molecule has 0 amide bonds. The van der Waals surface area contributed by atoms with Gasteiger partial charge in [0.2, 0.25) is 11.8 Å². The normalized spacial score (nSPS) is 12.6. The van der Waals surface area contributed by atoms with Crippen LogP contribution in [0.4, 0.5) is 4.39 Å². The van der Waals surface area contributed by atoms with Crippen LogP contribution in [0.25, 0.3) is 10.9 Å². The van der Waals surface area contributed by atoms with Crippen LogP contribution in [-0.4, -0.2) is 46.0 Å². The third kappa shape index (κ3) is 3.50. The van der Waals surface area contributed by atoms with E-state index in [1.807, 2.05) is 14.0 Å². The fourth-order valence-electron chi connectivity index (χ4n) is 1.75. The van der Waals surface area contributed by atoms with Crippen LogP contribution in [0.2, 0.25) is 5.15 Å². The first-order valence-electron chi connectivity index (χ1n) is 6.57. The number of hydrogen-bond donors (Lipinski definition) is 2. The van der Waals surface area contributed by atoms with Crippen LogP contribution in [0, 0.1) is 5.82 Å². The molecule has 0 radical (unpaired) electrons. The van der Waals surface area contributed by atoms with Crippen molar-refractivity contribution in [3.8, 4) is 11.8 Å². The lowest BCUT2D eigenvalue weighted by molar-refractivity contribution is 0.285. The Morgan fingerprint density at radius 3 is 2.77 bits per heavy atom. The molecule has 0 aliphatic carbocycles. The zero-order valence-corrected chi connectivity index (χ0v) is 13.9. The SMILES string of the molecule is CNC(C)CCOc1nc(Cl)c(F)c2nc(SC)nc(O)c12. The second-order valence-corrected chi connectivity index (χ2v) is 5.74. The smallest absolute Gasteiger partial charge is 0.230 e. The first-order chi connectivity index (χ1) is 10.5. The van der Waals surface area contributed by atoms with Crippen molar-refractivity contribution in [2.75, 3.05) is 19.9 Å². The molecule has 0 aliphatic rings. The average Bonchev–Trinajstić information content (AvgIpc) is 2.51. The Morgan fingerprint density at radius 2 is 2.14 bits per heavy atom. The lowest BCUT2D eigenvalue weighted by atomic mass is 10.2. The van der Waals surface area contributed by atoms with Crippen LogP contribution in [0.1, 0.15) is 13.3 Å². The second kappa shape index (κ2) is 7.26. The minimum atomic E-state index is -0.805. The lowest BCUT2D eigenvalue weighted by Crippen LogP contribution is -2.23. The molecule has 2 aromatic heterocycles. The zero-order valence-electron chi connectivity index (χ0n) is 12.4. The number of nitrogens with zero attached hydrogens (tertiary/aromatic N) is 3. The van der Waals surface area contributed by atoms with E-state index in [-0.39, 0.29) is 39.0 Å². The van der Waals surface area contributed by atoms with E-state index in [0.717, 1.165) is 0 Å². The number of fused-ring (bicyclic) bond motifs is 1. The van der Waals surface area contributed by atoms with E-state index >= 15 is 0 Å². The molecule has 2 heterocycles. The highest BCUT2D eigenvalue weighted by molar-refractivity contribution is 7.98. The number of nitrogens with one attached hydrogen (secondary N) is 1. The summed E-state index contributed by atoms with van der Waals surface area (Å²) in [7, 11) is 1.84. The standard InChI is InChI=1S/C13H16ClFN4O2S/c1-6(16-2)4-5-21-12-7-9(8(15)10(14)18-12)17-13(22-3)19-11(7)20/h6,16H,4-5H2,1-3H3,(H,17,19,20). The molecule has 6 nitrogen and oxygen atoms in total. The number of aromatic hydroxyl groups is 1. The average molecular weight is 347 g/mol. The minimum Gasteiger partial charge on any atom is -0.493 e. The predicted molar refractivity (Wildman–Crippen MR) is 84.4 cm³/mol. The molecule has 1 unspecified atom stereocenters. The van der Waals surface area contributed by atoms with Crippen LogP contribution in [0.3, 0.4) is 0 Å². The fraction of sp³-hybridized carbons (Fsp3) is 0.462. The van der Waals surface area contributed by atoms with Crippen molar-refractivity contribution in [2.45, 2.75) is 24.5 Å². The Morgan fingerprint density at radius 1 is 1.41 bits per heavy atom. The highest BCUT2D eigenvalue weighted by atomic mass is 35.5. The molecule has 0 saturated heterocycles. The van der Waals surface area contributed by atoms with Gasteiger partial charge in [-0.1, -0.05) is 23.4 Å². The largest absolute Gasteiger partial charge is 0.493 e. The van der Waals surface area contributed by atoms with Crippen molar-refractivity contribution < 1.29 is 14.2 Å². The van der Waals surface area contributed by atoms with E-state index in [1.165, 1.54) is 11.8 Å². The van der Waals surface area contributed by atoms with Gasteiger partial charge in [-0.05, 0) is 26.6 Å². The number of pyridine rings is 1. The molecular formula is C13H16ClFN4O2S. The molecule has 120 valence electrons. The van der Waals surface area contributed by atoms with Gasteiger partial charge >= 0.3 is 0 Å². The highest BCUT2D eigenvalue weighted by Gasteiger charge is 2.20. The first-order valence-corrected chi connectivity index (χ1v) is 8.18. The van der Waals surface area contributed by atoms with Crippen molar-refractivity contribution >= 4 is 34.3 Å². The second-order valence-electron chi connectivity index (χ2n) is 4.61. The number of aromatic nitrogens is 3. The maximum Gasteiger partial charge on any atom is 0.230 e. The fourth-order valence-corrected chi connectivity index (χ4v) is 2.28. The van der Waals surface area contributed by atoms with Gasteiger partial charge in [0.15, 0.2) is 16.1 Å². The summed E-state index contributed by atoms with van der Waals surface area (Å²) >= 11 is 6.96. The quantitative estimate of drug-likeness (QED) is 0.472. The Hall–Kier alpha value is -1.38. The number of rotatable bonds is 6.